The van der Waals surface area contributed by atoms with Crippen molar-refractivity contribution in [1.82, 2.24) is 0 Å². The van der Waals surface area contributed by atoms with E-state index in [0.29, 0.717) is 0 Å². The molecule has 0 bridgehead atoms. The number of para-hydroxylation sites is 1. The summed E-state index contributed by atoms with van der Waals surface area (Å²) in [6.07, 6.45) is 0. The molecule has 0 N–H and O–H groups in total. The van der Waals surface area contributed by atoms with E-state index in [-0.39, 0.29) is 11.6 Å². The Hall–Kier alpha value is -1.05. The molecule has 0 fully saturated rings. The van der Waals surface area contributed by atoms with Gasteiger partial charge in [-0.25, -0.2) is 4.39 Å². The monoisotopic (exact) mass is 139 g/mol. The summed E-state index contributed by atoms with van der Waals surface area (Å²) in [5.74, 6) is -0.0643. The molecule has 10 heavy (non-hydrogen) atoms. The SMILES string of the molecule is C[CH]Oc1ccccc1F. The largest absolute Gasteiger partial charge is 0.484 e. The molecular formula is C8H8FO. The van der Waals surface area contributed by atoms with Gasteiger partial charge in [-0.3, -0.25) is 0 Å². The summed E-state index contributed by atoms with van der Waals surface area (Å²) in [7, 11) is 0. The Morgan fingerprint density at radius 1 is 1.40 bits per heavy atom. The standard InChI is InChI=1S/C8H8FO/c1-2-10-8-6-4-3-5-7(8)9/h2-6H,1H3. The van der Waals surface area contributed by atoms with Crippen LogP contribution < -0.4 is 4.74 Å². The quantitative estimate of drug-likeness (QED) is 0.611. The molecule has 1 aromatic rings. The number of ether oxygens (including phenoxy) is 1. The average molecular weight is 139 g/mol. The maximum absolute atomic E-state index is 12.6. The molecule has 2 heteroatoms. The zero-order valence-corrected chi connectivity index (χ0v) is 5.67. The molecule has 0 aliphatic carbocycles. The fraction of sp³-hybridized carbons (Fsp3) is 0.125. The Kier molecular flexibility index (Phi) is 2.26. The van der Waals surface area contributed by atoms with Crippen LogP contribution in [0.4, 0.5) is 4.39 Å². The van der Waals surface area contributed by atoms with Crippen molar-refractivity contribution in [1.29, 1.82) is 0 Å². The van der Waals surface area contributed by atoms with Crippen molar-refractivity contribution in [2.45, 2.75) is 6.92 Å². The Labute approximate surface area is 59.4 Å². The van der Waals surface area contributed by atoms with Crippen LogP contribution in [0, 0.1) is 12.4 Å². The third-order valence-electron chi connectivity index (χ3n) is 1.08. The molecule has 0 aliphatic rings. The summed E-state index contributed by atoms with van der Waals surface area (Å²) < 4.78 is 17.5. The minimum atomic E-state index is -0.333. The van der Waals surface area contributed by atoms with Gasteiger partial charge in [0.25, 0.3) is 0 Å². The molecule has 0 aliphatic heterocycles. The first-order valence-corrected chi connectivity index (χ1v) is 3.03. The minimum absolute atomic E-state index is 0.269. The van der Waals surface area contributed by atoms with Gasteiger partial charge in [0.1, 0.15) is 6.61 Å². The highest BCUT2D eigenvalue weighted by atomic mass is 19.1. The lowest BCUT2D eigenvalue weighted by Gasteiger charge is -2.00. The predicted molar refractivity (Wildman–Crippen MR) is 37.0 cm³/mol. The Balaban J connectivity index is 2.81. The van der Waals surface area contributed by atoms with E-state index in [0.717, 1.165) is 0 Å². The van der Waals surface area contributed by atoms with Crippen molar-refractivity contribution >= 4 is 0 Å². The van der Waals surface area contributed by atoms with Gasteiger partial charge >= 0.3 is 0 Å². The summed E-state index contributed by atoms with van der Waals surface area (Å²) in [6.45, 7) is 3.14. The molecule has 1 aromatic carbocycles. The second kappa shape index (κ2) is 3.20. The summed E-state index contributed by atoms with van der Waals surface area (Å²) in [4.78, 5) is 0. The minimum Gasteiger partial charge on any atom is -0.484 e. The van der Waals surface area contributed by atoms with Gasteiger partial charge in [-0.1, -0.05) is 12.1 Å². The van der Waals surface area contributed by atoms with Gasteiger partial charge in [0.15, 0.2) is 11.6 Å². The lowest BCUT2D eigenvalue weighted by Crippen LogP contribution is -1.87. The molecule has 0 saturated carbocycles. The molecule has 1 nitrogen and oxygen atoms in total. The maximum atomic E-state index is 12.6. The summed E-state index contributed by atoms with van der Waals surface area (Å²) in [6, 6.07) is 6.29. The van der Waals surface area contributed by atoms with Gasteiger partial charge < -0.3 is 4.74 Å². The van der Waals surface area contributed by atoms with Crippen molar-refractivity contribution < 1.29 is 9.13 Å². The van der Waals surface area contributed by atoms with Gasteiger partial charge in [0.2, 0.25) is 0 Å². The lowest BCUT2D eigenvalue weighted by molar-refractivity contribution is 0.388. The Bertz CT molecular complexity index is 210. The molecule has 0 unspecified atom stereocenters. The fourth-order valence-electron chi connectivity index (χ4n) is 0.667. The van der Waals surface area contributed by atoms with Crippen molar-refractivity contribution in [2.75, 3.05) is 0 Å². The van der Waals surface area contributed by atoms with E-state index in [1.165, 1.54) is 12.7 Å². The van der Waals surface area contributed by atoms with Crippen LogP contribution in [0.25, 0.3) is 0 Å². The highest BCUT2D eigenvalue weighted by Crippen LogP contribution is 2.15. The zero-order valence-electron chi connectivity index (χ0n) is 5.67. The van der Waals surface area contributed by atoms with Crippen molar-refractivity contribution in [3.8, 4) is 5.75 Å². The van der Waals surface area contributed by atoms with Crippen LogP contribution in [0.3, 0.4) is 0 Å². The van der Waals surface area contributed by atoms with Gasteiger partial charge in [-0.2, -0.15) is 0 Å². The van der Waals surface area contributed by atoms with Crippen molar-refractivity contribution in [2.24, 2.45) is 0 Å². The van der Waals surface area contributed by atoms with Crippen LogP contribution in [0.2, 0.25) is 0 Å². The number of halogens is 1. The van der Waals surface area contributed by atoms with Crippen molar-refractivity contribution in [3.05, 3.63) is 36.7 Å². The highest BCUT2D eigenvalue weighted by molar-refractivity contribution is 5.23. The third kappa shape index (κ3) is 1.47. The van der Waals surface area contributed by atoms with Gasteiger partial charge in [-0.05, 0) is 19.1 Å². The molecule has 0 saturated heterocycles. The molecular weight excluding hydrogens is 131 g/mol. The Morgan fingerprint density at radius 3 is 2.70 bits per heavy atom. The Morgan fingerprint density at radius 2 is 2.10 bits per heavy atom. The summed E-state index contributed by atoms with van der Waals surface area (Å²) in [5, 5.41) is 0. The molecule has 1 radical (unpaired) electrons. The van der Waals surface area contributed by atoms with Crippen molar-refractivity contribution in [3.63, 3.8) is 0 Å². The van der Waals surface area contributed by atoms with E-state index >= 15 is 0 Å². The first-order valence-electron chi connectivity index (χ1n) is 3.03. The van der Waals surface area contributed by atoms with Crippen LogP contribution in [0.5, 0.6) is 5.75 Å². The average Bonchev–Trinajstić information content (AvgIpc) is 1.94. The summed E-state index contributed by atoms with van der Waals surface area (Å²) in [5.41, 5.74) is 0. The zero-order chi connectivity index (χ0) is 7.40. The lowest BCUT2D eigenvalue weighted by atomic mass is 10.3. The number of hydrogen-bond acceptors (Lipinski definition) is 1. The van der Waals surface area contributed by atoms with E-state index < -0.39 is 0 Å². The first-order chi connectivity index (χ1) is 4.84. The van der Waals surface area contributed by atoms with Gasteiger partial charge in [0.05, 0.1) is 0 Å². The van der Waals surface area contributed by atoms with Crippen LogP contribution in [0.15, 0.2) is 24.3 Å². The molecule has 0 spiro atoms. The van der Waals surface area contributed by atoms with E-state index in [2.05, 4.69) is 0 Å². The molecule has 0 amide bonds. The molecule has 0 atom stereocenters. The topological polar surface area (TPSA) is 9.23 Å². The normalized spacial score (nSPS) is 9.40. The first kappa shape index (κ1) is 7.06. The van der Waals surface area contributed by atoms with E-state index in [1.807, 2.05) is 0 Å². The fourth-order valence-corrected chi connectivity index (χ4v) is 0.667. The van der Waals surface area contributed by atoms with Crippen LogP contribution in [-0.4, -0.2) is 0 Å². The van der Waals surface area contributed by atoms with Crippen LogP contribution in [0.1, 0.15) is 6.92 Å². The molecule has 1 rings (SSSR count). The van der Waals surface area contributed by atoms with E-state index in [9.17, 15) is 4.39 Å². The molecule has 0 aromatic heterocycles. The number of rotatable bonds is 2. The predicted octanol–water partition coefficient (Wildman–Crippen LogP) is 2.39. The second-order valence-corrected chi connectivity index (χ2v) is 1.78. The van der Waals surface area contributed by atoms with E-state index in [1.54, 1.807) is 25.1 Å². The highest BCUT2D eigenvalue weighted by Gasteiger charge is 1.97. The van der Waals surface area contributed by atoms with Crippen LogP contribution in [-0.2, 0) is 0 Å². The van der Waals surface area contributed by atoms with Gasteiger partial charge in [-0.15, -0.1) is 0 Å². The number of hydrogen-bond donors (Lipinski definition) is 0. The third-order valence-corrected chi connectivity index (χ3v) is 1.08. The van der Waals surface area contributed by atoms with Crippen LogP contribution >= 0.6 is 0 Å². The summed E-state index contributed by atoms with van der Waals surface area (Å²) >= 11 is 0. The van der Waals surface area contributed by atoms with Gasteiger partial charge in [0, 0.05) is 0 Å². The number of benzene rings is 1. The van der Waals surface area contributed by atoms with E-state index in [4.69, 9.17) is 4.74 Å². The second-order valence-electron chi connectivity index (χ2n) is 1.78. The maximum Gasteiger partial charge on any atom is 0.165 e. The molecule has 53 valence electrons. The smallest absolute Gasteiger partial charge is 0.165 e. The molecule has 0 heterocycles.